The summed E-state index contributed by atoms with van der Waals surface area (Å²) >= 11 is 0. The molecule has 5 nitrogen and oxygen atoms in total. The second-order valence-corrected chi connectivity index (χ2v) is 5.86. The van der Waals surface area contributed by atoms with E-state index in [0.29, 0.717) is 17.2 Å². The van der Waals surface area contributed by atoms with E-state index in [9.17, 15) is 4.79 Å². The van der Waals surface area contributed by atoms with Crippen molar-refractivity contribution >= 4 is 22.5 Å². The lowest BCUT2D eigenvalue weighted by molar-refractivity contribution is -0.115. The number of nitrogens with zero attached hydrogens (tertiary/aromatic N) is 1. The van der Waals surface area contributed by atoms with E-state index in [-0.39, 0.29) is 12.3 Å². The second kappa shape index (κ2) is 7.11. The summed E-state index contributed by atoms with van der Waals surface area (Å²) in [4.78, 5) is 12.5. The van der Waals surface area contributed by atoms with E-state index in [1.54, 1.807) is 0 Å². The van der Waals surface area contributed by atoms with E-state index >= 15 is 0 Å². The Labute approximate surface area is 150 Å². The number of rotatable bonds is 5. The Balaban J connectivity index is 1.51. The van der Waals surface area contributed by atoms with Gasteiger partial charge in [-0.05, 0) is 30.3 Å². The molecule has 128 valence electrons. The van der Waals surface area contributed by atoms with Crippen LogP contribution in [0.25, 0.3) is 10.9 Å². The summed E-state index contributed by atoms with van der Waals surface area (Å²) in [5, 5.41) is 11.0. The number of aromatic nitrogens is 2. The van der Waals surface area contributed by atoms with Crippen molar-refractivity contribution in [2.45, 2.75) is 6.42 Å². The molecule has 4 rings (SSSR count). The minimum atomic E-state index is -0.136. The van der Waals surface area contributed by atoms with Crippen molar-refractivity contribution in [3.05, 3.63) is 84.6 Å². The molecule has 0 radical (unpaired) electrons. The fourth-order valence-electron chi connectivity index (χ4n) is 2.78. The maximum absolute atomic E-state index is 12.5. The second-order valence-electron chi connectivity index (χ2n) is 5.86. The molecule has 0 unspecified atom stereocenters. The Morgan fingerprint density at radius 2 is 1.65 bits per heavy atom. The number of ether oxygens (including phenoxy) is 1. The van der Waals surface area contributed by atoms with Crippen LogP contribution in [-0.4, -0.2) is 16.1 Å². The molecule has 1 amide bonds. The maximum Gasteiger partial charge on any atom is 0.230 e. The van der Waals surface area contributed by atoms with E-state index in [1.807, 2.05) is 78.9 Å². The number of hydrogen-bond donors (Lipinski definition) is 2. The van der Waals surface area contributed by atoms with E-state index in [1.165, 1.54) is 0 Å². The molecular weight excluding hydrogens is 326 g/mol. The lowest BCUT2D eigenvalue weighted by atomic mass is 10.1. The molecule has 0 bridgehead atoms. The Kier molecular flexibility index (Phi) is 4.35. The fraction of sp³-hybridized carbons (Fsp3) is 0.0476. The predicted molar refractivity (Wildman–Crippen MR) is 101 cm³/mol. The van der Waals surface area contributed by atoms with Gasteiger partial charge in [0.05, 0.1) is 23.3 Å². The highest BCUT2D eigenvalue weighted by Gasteiger charge is 2.12. The third-order valence-corrected chi connectivity index (χ3v) is 4.01. The first-order valence-corrected chi connectivity index (χ1v) is 8.33. The number of anilines is 1. The van der Waals surface area contributed by atoms with Crippen LogP contribution in [0, 0.1) is 0 Å². The zero-order chi connectivity index (χ0) is 17.8. The Morgan fingerprint density at radius 1 is 0.923 bits per heavy atom. The van der Waals surface area contributed by atoms with E-state index < -0.39 is 0 Å². The zero-order valence-corrected chi connectivity index (χ0v) is 14.0. The van der Waals surface area contributed by atoms with Crippen LogP contribution in [0.4, 0.5) is 5.69 Å². The number of fused-ring (bicyclic) bond motifs is 1. The van der Waals surface area contributed by atoms with Gasteiger partial charge in [0.15, 0.2) is 5.75 Å². The first-order chi connectivity index (χ1) is 12.8. The number of para-hydroxylation sites is 4. The molecular formula is C21H17N3O2. The first kappa shape index (κ1) is 15.9. The normalized spacial score (nSPS) is 10.6. The molecule has 0 fully saturated rings. The first-order valence-electron chi connectivity index (χ1n) is 8.33. The highest BCUT2D eigenvalue weighted by molar-refractivity contribution is 5.96. The molecule has 0 saturated carbocycles. The van der Waals surface area contributed by atoms with Gasteiger partial charge in [-0.1, -0.05) is 48.5 Å². The van der Waals surface area contributed by atoms with Crippen LogP contribution in [0.3, 0.4) is 0 Å². The third-order valence-electron chi connectivity index (χ3n) is 4.01. The van der Waals surface area contributed by atoms with Gasteiger partial charge in [0.2, 0.25) is 5.91 Å². The molecule has 0 aliphatic heterocycles. The lowest BCUT2D eigenvalue weighted by Gasteiger charge is -2.12. The summed E-state index contributed by atoms with van der Waals surface area (Å²) < 4.78 is 5.88. The fourth-order valence-corrected chi connectivity index (χ4v) is 2.78. The predicted octanol–water partition coefficient (Wildman–Crippen LogP) is 4.54. The Morgan fingerprint density at radius 3 is 2.54 bits per heavy atom. The van der Waals surface area contributed by atoms with Crippen molar-refractivity contribution in [3.63, 3.8) is 0 Å². The lowest BCUT2D eigenvalue weighted by Crippen LogP contribution is -2.15. The highest BCUT2D eigenvalue weighted by Crippen LogP contribution is 2.29. The number of amides is 1. The summed E-state index contributed by atoms with van der Waals surface area (Å²) in [6.45, 7) is 0. The van der Waals surface area contributed by atoms with Crippen LogP contribution < -0.4 is 10.1 Å². The molecule has 1 heterocycles. The molecule has 0 spiro atoms. The Bertz CT molecular complexity index is 1040. The Hall–Kier alpha value is -3.60. The summed E-state index contributed by atoms with van der Waals surface area (Å²) in [7, 11) is 0. The number of carbonyl (C=O) groups excluding carboxylic acids is 1. The van der Waals surface area contributed by atoms with Crippen LogP contribution >= 0.6 is 0 Å². The monoisotopic (exact) mass is 343 g/mol. The molecule has 5 heteroatoms. The van der Waals surface area contributed by atoms with Crippen LogP contribution in [-0.2, 0) is 11.2 Å². The topological polar surface area (TPSA) is 67.0 Å². The van der Waals surface area contributed by atoms with E-state index in [0.717, 1.165) is 16.6 Å². The minimum absolute atomic E-state index is 0.136. The average molecular weight is 343 g/mol. The van der Waals surface area contributed by atoms with Crippen LogP contribution in [0.2, 0.25) is 0 Å². The maximum atomic E-state index is 12.5. The molecule has 0 atom stereocenters. The molecule has 0 aliphatic rings. The number of nitrogens with one attached hydrogen (secondary N) is 2. The summed E-state index contributed by atoms with van der Waals surface area (Å²) in [6.07, 6.45) is 0.209. The molecule has 1 aromatic heterocycles. The van der Waals surface area contributed by atoms with Crippen LogP contribution in [0.5, 0.6) is 11.5 Å². The van der Waals surface area contributed by atoms with Crippen LogP contribution in [0.15, 0.2) is 78.9 Å². The van der Waals surface area contributed by atoms with Gasteiger partial charge in [0.25, 0.3) is 0 Å². The molecule has 0 saturated heterocycles. The largest absolute Gasteiger partial charge is 0.455 e. The van der Waals surface area contributed by atoms with Gasteiger partial charge in [-0.25, -0.2) is 0 Å². The molecule has 0 aliphatic carbocycles. The summed E-state index contributed by atoms with van der Waals surface area (Å²) in [6, 6.07) is 24.6. The number of benzene rings is 3. The third kappa shape index (κ3) is 3.42. The van der Waals surface area contributed by atoms with Crippen molar-refractivity contribution in [2.75, 3.05) is 5.32 Å². The highest BCUT2D eigenvalue weighted by atomic mass is 16.5. The van der Waals surface area contributed by atoms with Gasteiger partial charge in [-0.15, -0.1) is 0 Å². The number of H-pyrrole nitrogens is 1. The number of hydrogen-bond acceptors (Lipinski definition) is 3. The van der Waals surface area contributed by atoms with Crippen LogP contribution in [0.1, 0.15) is 5.69 Å². The average Bonchev–Trinajstić information content (AvgIpc) is 3.07. The van der Waals surface area contributed by atoms with Crippen molar-refractivity contribution in [3.8, 4) is 11.5 Å². The van der Waals surface area contributed by atoms with Gasteiger partial charge in [0.1, 0.15) is 5.75 Å². The van der Waals surface area contributed by atoms with Gasteiger partial charge in [0, 0.05) is 5.39 Å². The molecule has 4 aromatic rings. The van der Waals surface area contributed by atoms with Crippen molar-refractivity contribution in [2.24, 2.45) is 0 Å². The quantitative estimate of drug-likeness (QED) is 0.559. The van der Waals surface area contributed by atoms with Gasteiger partial charge in [-0.2, -0.15) is 5.10 Å². The van der Waals surface area contributed by atoms with Crippen molar-refractivity contribution in [1.29, 1.82) is 0 Å². The molecule has 26 heavy (non-hydrogen) atoms. The zero-order valence-electron chi connectivity index (χ0n) is 14.0. The summed E-state index contributed by atoms with van der Waals surface area (Å²) in [5.41, 5.74) is 2.27. The van der Waals surface area contributed by atoms with E-state index in [2.05, 4.69) is 15.5 Å². The standard InChI is InChI=1S/C21H17N3O2/c25-21(14-19-16-10-4-5-11-17(16)23-24-19)22-18-12-6-7-13-20(18)26-15-8-2-1-3-9-15/h1-13H,14H2,(H,22,25)(H,23,24). The van der Waals surface area contributed by atoms with Crippen molar-refractivity contribution < 1.29 is 9.53 Å². The van der Waals surface area contributed by atoms with E-state index in [4.69, 9.17) is 4.74 Å². The van der Waals surface area contributed by atoms with Gasteiger partial charge < -0.3 is 10.1 Å². The minimum Gasteiger partial charge on any atom is -0.455 e. The SMILES string of the molecule is O=C(Cc1[nH]nc2ccccc12)Nc1ccccc1Oc1ccccc1. The molecule has 3 aromatic carbocycles. The number of aromatic amines is 1. The van der Waals surface area contributed by atoms with Gasteiger partial charge >= 0.3 is 0 Å². The number of carbonyl (C=O) groups is 1. The molecule has 2 N–H and O–H groups in total. The van der Waals surface area contributed by atoms with Gasteiger partial charge in [-0.3, -0.25) is 9.89 Å². The smallest absolute Gasteiger partial charge is 0.230 e. The van der Waals surface area contributed by atoms with Crippen molar-refractivity contribution in [1.82, 2.24) is 10.2 Å². The summed E-state index contributed by atoms with van der Waals surface area (Å²) in [5.74, 6) is 1.18.